The number of anilines is 1. The van der Waals surface area contributed by atoms with Gasteiger partial charge in [0.1, 0.15) is 17.2 Å². The Bertz CT molecular complexity index is 1430. The van der Waals surface area contributed by atoms with Crippen molar-refractivity contribution in [1.82, 2.24) is 9.88 Å². The van der Waals surface area contributed by atoms with E-state index in [9.17, 15) is 27.6 Å². The second kappa shape index (κ2) is 12.5. The SMILES string of the molecule is CNC(=O)c1ccc(OC(F)(F)F)cc1.COc1ccc(C2CC(=O)N(c3c(C)ccn(C4COC4)c3=O)C2)cc1. The van der Waals surface area contributed by atoms with Crippen molar-refractivity contribution in [3.05, 3.63) is 87.8 Å². The zero-order valence-corrected chi connectivity index (χ0v) is 22.7. The lowest BCUT2D eigenvalue weighted by atomic mass is 9.98. The summed E-state index contributed by atoms with van der Waals surface area (Å²) in [5, 5.41) is 2.35. The van der Waals surface area contributed by atoms with Gasteiger partial charge in [-0.25, -0.2) is 0 Å². The van der Waals surface area contributed by atoms with Gasteiger partial charge < -0.3 is 29.0 Å². The van der Waals surface area contributed by atoms with Crippen molar-refractivity contribution in [1.29, 1.82) is 0 Å². The average Bonchev–Trinajstić information content (AvgIpc) is 3.29. The Balaban J connectivity index is 0.000000221. The highest BCUT2D eigenvalue weighted by molar-refractivity contribution is 5.97. The van der Waals surface area contributed by atoms with Gasteiger partial charge >= 0.3 is 6.36 Å². The minimum atomic E-state index is -4.71. The lowest BCUT2D eigenvalue weighted by molar-refractivity contribution is -0.274. The number of pyridine rings is 1. The molecule has 2 aromatic carbocycles. The predicted octanol–water partition coefficient (Wildman–Crippen LogP) is 4.20. The summed E-state index contributed by atoms with van der Waals surface area (Å²) in [5.74, 6) is 0.143. The summed E-state index contributed by atoms with van der Waals surface area (Å²) < 4.78 is 51.0. The Hall–Kier alpha value is -4.32. The number of nitrogens with one attached hydrogen (secondary N) is 1. The quantitative estimate of drug-likeness (QED) is 0.475. The van der Waals surface area contributed by atoms with E-state index < -0.39 is 6.36 Å². The number of halogens is 3. The molecule has 218 valence electrons. The van der Waals surface area contributed by atoms with Gasteiger partial charge in [-0.2, -0.15) is 0 Å². The normalized spacial score (nSPS) is 16.9. The molecule has 9 nitrogen and oxygen atoms in total. The van der Waals surface area contributed by atoms with Crippen LogP contribution in [-0.4, -0.2) is 56.7 Å². The highest BCUT2D eigenvalue weighted by Gasteiger charge is 2.35. The molecule has 0 bridgehead atoms. The third-order valence-electron chi connectivity index (χ3n) is 6.87. The largest absolute Gasteiger partial charge is 0.573 e. The van der Waals surface area contributed by atoms with E-state index >= 15 is 0 Å². The summed E-state index contributed by atoms with van der Waals surface area (Å²) >= 11 is 0. The van der Waals surface area contributed by atoms with Gasteiger partial charge in [0.05, 0.1) is 26.4 Å². The molecule has 41 heavy (non-hydrogen) atoms. The molecule has 3 aromatic rings. The van der Waals surface area contributed by atoms with Crippen LogP contribution in [0.3, 0.4) is 0 Å². The van der Waals surface area contributed by atoms with Gasteiger partial charge in [0.15, 0.2) is 0 Å². The number of carbonyl (C=O) groups is 2. The molecule has 5 rings (SSSR count). The topological polar surface area (TPSA) is 99.1 Å². The Morgan fingerprint density at radius 2 is 1.63 bits per heavy atom. The smallest absolute Gasteiger partial charge is 0.497 e. The number of aromatic nitrogens is 1. The molecule has 0 spiro atoms. The minimum Gasteiger partial charge on any atom is -0.497 e. The number of aryl methyl sites for hydroxylation is 1. The summed E-state index contributed by atoms with van der Waals surface area (Å²) in [6, 6.07) is 14.4. The molecule has 0 radical (unpaired) electrons. The second-order valence-corrected chi connectivity index (χ2v) is 9.58. The van der Waals surface area contributed by atoms with E-state index in [1.54, 1.807) is 22.8 Å². The van der Waals surface area contributed by atoms with E-state index in [1.807, 2.05) is 37.3 Å². The number of alkyl halides is 3. The van der Waals surface area contributed by atoms with Crippen LogP contribution in [-0.2, 0) is 9.53 Å². The molecule has 1 unspecified atom stereocenters. The molecule has 2 aliphatic rings. The van der Waals surface area contributed by atoms with Crippen LogP contribution in [0.5, 0.6) is 11.5 Å². The zero-order chi connectivity index (χ0) is 29.7. The Kier molecular flexibility index (Phi) is 9.01. The van der Waals surface area contributed by atoms with Crippen LogP contribution in [0, 0.1) is 6.92 Å². The fourth-order valence-electron chi connectivity index (χ4n) is 4.60. The summed E-state index contributed by atoms with van der Waals surface area (Å²) in [6.07, 6.45) is -2.50. The summed E-state index contributed by atoms with van der Waals surface area (Å²) in [7, 11) is 3.06. The van der Waals surface area contributed by atoms with Gasteiger partial charge in [0.2, 0.25) is 5.91 Å². The van der Waals surface area contributed by atoms with E-state index in [4.69, 9.17) is 9.47 Å². The first-order valence-corrected chi connectivity index (χ1v) is 12.8. The van der Waals surface area contributed by atoms with E-state index in [0.717, 1.165) is 29.0 Å². The third-order valence-corrected chi connectivity index (χ3v) is 6.87. The van der Waals surface area contributed by atoms with Gasteiger partial charge in [-0.3, -0.25) is 14.4 Å². The van der Waals surface area contributed by atoms with Crippen LogP contribution >= 0.6 is 0 Å². The molecule has 2 fully saturated rings. The number of nitrogens with zero attached hydrogens (tertiary/aromatic N) is 2. The van der Waals surface area contributed by atoms with Gasteiger partial charge in [-0.15, -0.1) is 13.2 Å². The summed E-state index contributed by atoms with van der Waals surface area (Å²) in [4.78, 5) is 38.4. The number of benzene rings is 2. The van der Waals surface area contributed by atoms with Crippen LogP contribution in [0.1, 0.15) is 39.9 Å². The molecule has 12 heteroatoms. The minimum absolute atomic E-state index is 0.00590. The average molecular weight is 574 g/mol. The Labute approximate surface area is 234 Å². The van der Waals surface area contributed by atoms with Crippen LogP contribution < -0.4 is 25.2 Å². The van der Waals surface area contributed by atoms with Crippen LogP contribution in [0.15, 0.2) is 65.6 Å². The first-order valence-electron chi connectivity index (χ1n) is 12.8. The van der Waals surface area contributed by atoms with Crippen LogP contribution in [0.2, 0.25) is 0 Å². The number of carbonyl (C=O) groups excluding carboxylic acids is 2. The van der Waals surface area contributed by atoms with Crippen LogP contribution in [0.25, 0.3) is 0 Å². The molecular weight excluding hydrogens is 543 g/mol. The van der Waals surface area contributed by atoms with E-state index in [0.29, 0.717) is 31.9 Å². The molecule has 1 N–H and O–H groups in total. The highest BCUT2D eigenvalue weighted by atomic mass is 19.4. The van der Waals surface area contributed by atoms with Crippen molar-refractivity contribution in [2.24, 2.45) is 0 Å². The molecule has 1 atom stereocenters. The van der Waals surface area contributed by atoms with Crippen LogP contribution in [0.4, 0.5) is 18.9 Å². The molecule has 2 aliphatic heterocycles. The lowest BCUT2D eigenvalue weighted by Crippen LogP contribution is -2.40. The van der Waals surface area contributed by atoms with Crippen molar-refractivity contribution in [2.45, 2.75) is 31.7 Å². The predicted molar refractivity (Wildman–Crippen MR) is 145 cm³/mol. The lowest BCUT2D eigenvalue weighted by Gasteiger charge is -2.29. The fraction of sp³-hybridized carbons (Fsp3) is 0.345. The van der Waals surface area contributed by atoms with E-state index in [-0.39, 0.29) is 40.6 Å². The Morgan fingerprint density at radius 1 is 1.00 bits per heavy atom. The number of ether oxygens (including phenoxy) is 3. The molecule has 2 amide bonds. The molecule has 3 heterocycles. The number of hydrogen-bond donors (Lipinski definition) is 1. The number of amides is 2. The van der Waals surface area contributed by atoms with Crippen molar-refractivity contribution in [3.63, 3.8) is 0 Å². The number of rotatable bonds is 6. The Morgan fingerprint density at radius 3 is 2.17 bits per heavy atom. The van der Waals surface area contributed by atoms with Crippen molar-refractivity contribution in [3.8, 4) is 11.5 Å². The maximum Gasteiger partial charge on any atom is 0.573 e. The molecule has 2 saturated heterocycles. The molecule has 1 aromatic heterocycles. The van der Waals surface area contributed by atoms with Gasteiger partial charge in [0.25, 0.3) is 11.5 Å². The van der Waals surface area contributed by atoms with Gasteiger partial charge in [-0.1, -0.05) is 12.1 Å². The highest BCUT2D eigenvalue weighted by Crippen LogP contribution is 2.33. The maximum absolute atomic E-state index is 13.0. The zero-order valence-electron chi connectivity index (χ0n) is 22.7. The second-order valence-electron chi connectivity index (χ2n) is 9.58. The molecule has 0 saturated carbocycles. The standard InChI is InChI=1S/C20H22N2O4.C9H8F3NO2/c1-13-7-8-21(16-11-26-12-16)20(24)19(13)22-10-15(9-18(22)23)14-3-5-17(25-2)6-4-14;1-13-8(14)6-2-4-7(5-3-6)15-9(10,11)12/h3-8,15-16H,9-12H2,1-2H3;2-5H,1H3,(H,13,14). The summed E-state index contributed by atoms with van der Waals surface area (Å²) in [5.41, 5.74) is 2.58. The van der Waals surface area contributed by atoms with E-state index in [1.165, 1.54) is 19.2 Å². The summed E-state index contributed by atoms with van der Waals surface area (Å²) in [6.45, 7) is 3.49. The fourth-order valence-corrected chi connectivity index (χ4v) is 4.60. The monoisotopic (exact) mass is 573 g/mol. The maximum atomic E-state index is 13.0. The number of hydrogen-bond acceptors (Lipinski definition) is 6. The van der Waals surface area contributed by atoms with Gasteiger partial charge in [-0.05, 0) is 60.5 Å². The molecule has 0 aliphatic carbocycles. The molecular formula is C29H30F3N3O6. The van der Waals surface area contributed by atoms with Crippen molar-refractivity contribution in [2.75, 3.05) is 38.8 Å². The van der Waals surface area contributed by atoms with Crippen molar-refractivity contribution >= 4 is 17.5 Å². The third kappa shape index (κ3) is 7.07. The van der Waals surface area contributed by atoms with E-state index in [2.05, 4.69) is 10.1 Å². The first kappa shape index (κ1) is 29.7. The van der Waals surface area contributed by atoms with Gasteiger partial charge in [0, 0.05) is 37.7 Å². The van der Waals surface area contributed by atoms with Crippen molar-refractivity contribution < 1.29 is 37.0 Å². The first-order chi connectivity index (χ1) is 19.5. The number of methoxy groups -OCH3 is 1.